The number of nitrogens with zero attached hydrogens (tertiary/aromatic N) is 1. The first-order valence-electron chi connectivity index (χ1n) is 6.78. The van der Waals surface area contributed by atoms with Crippen molar-refractivity contribution in [2.75, 3.05) is 0 Å². The van der Waals surface area contributed by atoms with E-state index in [2.05, 4.69) is 15.9 Å². The van der Waals surface area contributed by atoms with Gasteiger partial charge in [-0.1, -0.05) is 22.4 Å². The summed E-state index contributed by atoms with van der Waals surface area (Å²) in [6, 6.07) is 6.10. The molecule has 3 rings (SSSR count). The molecule has 0 radical (unpaired) electrons. The molecule has 2 fully saturated rings. The largest absolute Gasteiger partial charge is 0.302 e. The average Bonchev–Trinajstić information content (AvgIpc) is 2.98. The fourth-order valence-corrected chi connectivity index (χ4v) is 5.60. The molecule has 2 aliphatic rings. The molecule has 1 aliphatic carbocycles. The molecule has 1 aromatic rings. The van der Waals surface area contributed by atoms with Crippen LogP contribution in [-0.2, 0) is 14.8 Å². The molecule has 0 amide bonds. The molecule has 1 heterocycles. The number of carbonyl (C=O) groups excluding carboxylic acids is 1. The summed E-state index contributed by atoms with van der Waals surface area (Å²) in [5.74, 6) is 0.343. The van der Waals surface area contributed by atoms with E-state index in [9.17, 15) is 13.2 Å². The van der Waals surface area contributed by atoms with Gasteiger partial charge in [0.05, 0.1) is 10.9 Å². The van der Waals surface area contributed by atoms with Crippen LogP contribution >= 0.6 is 15.9 Å². The van der Waals surface area contributed by atoms with Crippen LogP contribution in [0.5, 0.6) is 0 Å². The monoisotopic (exact) mass is 357 g/mol. The Kier molecular flexibility index (Phi) is 3.73. The van der Waals surface area contributed by atoms with Crippen LogP contribution in [0.25, 0.3) is 0 Å². The lowest BCUT2D eigenvalue weighted by atomic mass is 10.0. The third kappa shape index (κ3) is 2.23. The zero-order valence-electron chi connectivity index (χ0n) is 10.9. The summed E-state index contributed by atoms with van der Waals surface area (Å²) in [6.07, 6.45) is 4.40. The maximum absolute atomic E-state index is 12.8. The number of halogens is 1. The predicted octanol–water partition coefficient (Wildman–Crippen LogP) is 2.58. The van der Waals surface area contributed by atoms with Gasteiger partial charge in [0.2, 0.25) is 10.0 Å². The molecule has 0 N–H and O–H groups in total. The Morgan fingerprint density at radius 3 is 2.55 bits per heavy atom. The van der Waals surface area contributed by atoms with E-state index < -0.39 is 16.1 Å². The number of carbonyl (C=O) groups is 1. The summed E-state index contributed by atoms with van der Waals surface area (Å²) in [7, 11) is -3.59. The van der Waals surface area contributed by atoms with Crippen LogP contribution < -0.4 is 0 Å². The second kappa shape index (κ2) is 5.24. The van der Waals surface area contributed by atoms with Crippen LogP contribution in [0.4, 0.5) is 0 Å². The van der Waals surface area contributed by atoms with Gasteiger partial charge < -0.3 is 4.79 Å². The standard InChI is InChI=1S/C14H16BrNO3S/c15-11-4-6-13(7-5-11)20(18,19)16-12(9-17)8-10-2-1-3-14(10)16/h4-7,9-10,12,14H,1-3,8H2/t10-,12-,14-/m1/s1. The van der Waals surface area contributed by atoms with Gasteiger partial charge in [-0.05, 0) is 49.4 Å². The Morgan fingerprint density at radius 2 is 1.90 bits per heavy atom. The molecule has 108 valence electrons. The summed E-state index contributed by atoms with van der Waals surface area (Å²) >= 11 is 3.30. The minimum atomic E-state index is -3.59. The first kappa shape index (κ1) is 14.2. The smallest absolute Gasteiger partial charge is 0.243 e. The highest BCUT2D eigenvalue weighted by molar-refractivity contribution is 9.10. The molecule has 20 heavy (non-hydrogen) atoms. The van der Waals surface area contributed by atoms with E-state index >= 15 is 0 Å². The summed E-state index contributed by atoms with van der Waals surface area (Å²) in [4.78, 5) is 11.5. The molecule has 1 aromatic carbocycles. The Morgan fingerprint density at radius 1 is 1.20 bits per heavy atom. The normalized spacial score (nSPS) is 30.4. The highest BCUT2D eigenvalue weighted by Gasteiger charge is 2.49. The van der Waals surface area contributed by atoms with Gasteiger partial charge >= 0.3 is 0 Å². The van der Waals surface area contributed by atoms with E-state index in [1.807, 2.05) is 0 Å². The van der Waals surface area contributed by atoms with Crippen molar-refractivity contribution in [2.45, 2.75) is 42.7 Å². The highest BCUT2D eigenvalue weighted by Crippen LogP contribution is 2.43. The number of hydrogen-bond donors (Lipinski definition) is 0. The quantitative estimate of drug-likeness (QED) is 0.781. The maximum Gasteiger partial charge on any atom is 0.243 e. The number of aldehydes is 1. The first-order chi connectivity index (χ1) is 9.54. The minimum absolute atomic E-state index is 0.00107. The van der Waals surface area contributed by atoms with Crippen molar-refractivity contribution in [3.05, 3.63) is 28.7 Å². The zero-order valence-corrected chi connectivity index (χ0v) is 13.3. The van der Waals surface area contributed by atoms with Crippen LogP contribution in [0.15, 0.2) is 33.6 Å². The lowest BCUT2D eigenvalue weighted by Gasteiger charge is -2.26. The molecule has 1 aliphatic heterocycles. The molecule has 0 aromatic heterocycles. The van der Waals surface area contributed by atoms with Crippen molar-refractivity contribution in [1.29, 1.82) is 0 Å². The van der Waals surface area contributed by atoms with Crippen molar-refractivity contribution in [1.82, 2.24) is 4.31 Å². The van der Waals surface area contributed by atoms with Gasteiger partial charge in [0.1, 0.15) is 6.29 Å². The molecule has 6 heteroatoms. The van der Waals surface area contributed by atoms with Crippen LogP contribution in [0.2, 0.25) is 0 Å². The fraction of sp³-hybridized carbons (Fsp3) is 0.500. The molecule has 1 saturated carbocycles. The molecule has 0 spiro atoms. The van der Waals surface area contributed by atoms with E-state index in [0.29, 0.717) is 12.3 Å². The molecular weight excluding hydrogens is 342 g/mol. The van der Waals surface area contributed by atoms with Crippen LogP contribution in [0, 0.1) is 5.92 Å². The minimum Gasteiger partial charge on any atom is -0.302 e. The summed E-state index contributed by atoms with van der Waals surface area (Å²) in [6.45, 7) is 0. The number of benzene rings is 1. The molecule has 1 saturated heterocycles. The van der Waals surface area contributed by atoms with Gasteiger partial charge in [-0.2, -0.15) is 4.31 Å². The van der Waals surface area contributed by atoms with Crippen LogP contribution in [0.1, 0.15) is 25.7 Å². The topological polar surface area (TPSA) is 54.5 Å². The fourth-order valence-electron chi connectivity index (χ4n) is 3.49. The van der Waals surface area contributed by atoms with Crippen molar-refractivity contribution < 1.29 is 13.2 Å². The third-order valence-corrected chi connectivity index (χ3v) is 6.86. The predicted molar refractivity (Wildman–Crippen MR) is 78.8 cm³/mol. The Hall–Kier alpha value is -0.720. The first-order valence-corrected chi connectivity index (χ1v) is 9.02. The lowest BCUT2D eigenvalue weighted by Crippen LogP contribution is -2.41. The second-order valence-electron chi connectivity index (χ2n) is 5.49. The van der Waals surface area contributed by atoms with Gasteiger partial charge in [-0.25, -0.2) is 8.42 Å². The van der Waals surface area contributed by atoms with Crippen molar-refractivity contribution in [2.24, 2.45) is 5.92 Å². The number of rotatable bonds is 3. The SMILES string of the molecule is O=C[C@H]1C[C@H]2CCC[C@H]2N1S(=O)(=O)c1ccc(Br)cc1. The molecule has 0 bridgehead atoms. The summed E-state index contributed by atoms with van der Waals surface area (Å²) in [5.41, 5.74) is 0. The van der Waals surface area contributed by atoms with E-state index in [4.69, 9.17) is 0 Å². The van der Waals surface area contributed by atoms with E-state index in [0.717, 1.165) is 30.0 Å². The molecule has 4 nitrogen and oxygen atoms in total. The number of fused-ring (bicyclic) bond motifs is 1. The summed E-state index contributed by atoms with van der Waals surface area (Å²) < 4.78 is 27.9. The molecule has 0 unspecified atom stereocenters. The lowest BCUT2D eigenvalue weighted by molar-refractivity contribution is -0.110. The summed E-state index contributed by atoms with van der Waals surface area (Å²) in [5, 5.41) is 0. The Balaban J connectivity index is 2.00. The molecule has 3 atom stereocenters. The van der Waals surface area contributed by atoms with Crippen LogP contribution in [-0.4, -0.2) is 31.1 Å². The highest BCUT2D eigenvalue weighted by atomic mass is 79.9. The van der Waals surface area contributed by atoms with Gasteiger partial charge in [-0.15, -0.1) is 0 Å². The van der Waals surface area contributed by atoms with Crippen molar-refractivity contribution >= 4 is 32.2 Å². The van der Waals surface area contributed by atoms with Crippen molar-refractivity contribution in [3.8, 4) is 0 Å². The van der Waals surface area contributed by atoms with Crippen molar-refractivity contribution in [3.63, 3.8) is 0 Å². The van der Waals surface area contributed by atoms with Gasteiger partial charge in [0.15, 0.2) is 0 Å². The second-order valence-corrected chi connectivity index (χ2v) is 8.25. The van der Waals surface area contributed by atoms with Gasteiger partial charge in [0, 0.05) is 10.5 Å². The number of hydrogen-bond acceptors (Lipinski definition) is 3. The zero-order chi connectivity index (χ0) is 14.3. The maximum atomic E-state index is 12.8. The van der Waals surface area contributed by atoms with Gasteiger partial charge in [-0.3, -0.25) is 0 Å². The molecular formula is C14H16BrNO3S. The van der Waals surface area contributed by atoms with Crippen LogP contribution in [0.3, 0.4) is 0 Å². The Labute approximate surface area is 127 Å². The van der Waals surface area contributed by atoms with E-state index in [1.165, 1.54) is 4.31 Å². The van der Waals surface area contributed by atoms with E-state index in [-0.39, 0.29) is 10.9 Å². The van der Waals surface area contributed by atoms with Gasteiger partial charge in [0.25, 0.3) is 0 Å². The Bertz CT molecular complexity index is 614. The average molecular weight is 358 g/mol. The number of sulfonamides is 1. The van der Waals surface area contributed by atoms with E-state index in [1.54, 1.807) is 24.3 Å². The third-order valence-electron chi connectivity index (χ3n) is 4.36.